The molecule has 1 amide bonds. The number of aromatic nitrogens is 4. The zero-order chi connectivity index (χ0) is 21.4. The molecule has 160 valence electrons. The first-order valence-corrected chi connectivity index (χ1v) is 10.6. The smallest absolute Gasteiger partial charge is 0.302 e. The van der Waals surface area contributed by atoms with Gasteiger partial charge in [-0.3, -0.25) is 4.79 Å². The lowest BCUT2D eigenvalue weighted by Gasteiger charge is -2.22. The summed E-state index contributed by atoms with van der Waals surface area (Å²) in [6, 6.07) is 6.86. The number of thioether (sulfide) groups is 1. The second kappa shape index (κ2) is 10.4. The van der Waals surface area contributed by atoms with E-state index in [0.29, 0.717) is 12.3 Å². The maximum absolute atomic E-state index is 14.4. The van der Waals surface area contributed by atoms with Crippen molar-refractivity contribution in [3.05, 3.63) is 66.0 Å². The Balaban J connectivity index is 1.50. The molecule has 1 aromatic carbocycles. The van der Waals surface area contributed by atoms with Gasteiger partial charge in [0.25, 0.3) is 5.24 Å². The van der Waals surface area contributed by atoms with Gasteiger partial charge >= 0.3 is 5.92 Å². The molecule has 0 spiro atoms. The number of amides is 1. The fourth-order valence-electron chi connectivity index (χ4n) is 3.00. The fourth-order valence-corrected chi connectivity index (χ4v) is 3.98. The number of unbranched alkanes of at least 4 members (excludes halogenated alkanes) is 1. The molecule has 1 fully saturated rings. The van der Waals surface area contributed by atoms with Gasteiger partial charge in [-0.05, 0) is 23.3 Å². The van der Waals surface area contributed by atoms with Crippen molar-refractivity contribution in [1.82, 2.24) is 25.5 Å². The number of halogens is 2. The predicted octanol–water partition coefficient (Wildman–Crippen LogP) is 3.33. The first-order valence-electron chi connectivity index (χ1n) is 9.59. The number of hydrogen-bond acceptors (Lipinski definition) is 6. The molecule has 30 heavy (non-hydrogen) atoms. The highest BCUT2D eigenvalue weighted by Crippen LogP contribution is 2.33. The number of nitrogens with zero attached hydrogens (tertiary/aromatic N) is 4. The van der Waals surface area contributed by atoms with Crippen LogP contribution in [0.2, 0.25) is 0 Å². The lowest BCUT2D eigenvalue weighted by atomic mass is 10.0. The second-order valence-electron chi connectivity index (χ2n) is 6.83. The summed E-state index contributed by atoms with van der Waals surface area (Å²) in [5.41, 5.74) is -0.250. The van der Waals surface area contributed by atoms with Crippen LogP contribution in [0.1, 0.15) is 24.2 Å². The Bertz CT molecular complexity index is 861. The second-order valence-corrected chi connectivity index (χ2v) is 7.80. The maximum Gasteiger partial charge on any atom is 0.302 e. The van der Waals surface area contributed by atoms with E-state index in [0.717, 1.165) is 42.9 Å². The molecule has 2 aromatic rings. The molecule has 7 nitrogen and oxygen atoms in total. The van der Waals surface area contributed by atoms with E-state index in [4.69, 9.17) is 0 Å². The predicted molar refractivity (Wildman–Crippen MR) is 110 cm³/mol. The van der Waals surface area contributed by atoms with Crippen molar-refractivity contribution >= 4 is 17.0 Å². The third-order valence-corrected chi connectivity index (χ3v) is 5.69. The van der Waals surface area contributed by atoms with E-state index in [1.807, 2.05) is 12.2 Å². The van der Waals surface area contributed by atoms with Crippen LogP contribution in [0.15, 0.2) is 54.6 Å². The van der Waals surface area contributed by atoms with E-state index in [9.17, 15) is 18.7 Å². The number of rotatable bonds is 10. The Kier molecular flexibility index (Phi) is 7.69. The van der Waals surface area contributed by atoms with E-state index in [1.54, 1.807) is 11.0 Å². The number of tetrazole rings is 1. The topological polar surface area (TPSA) is 95.0 Å². The van der Waals surface area contributed by atoms with Crippen molar-refractivity contribution < 1.29 is 18.7 Å². The van der Waals surface area contributed by atoms with Gasteiger partial charge in [0.2, 0.25) is 0 Å². The van der Waals surface area contributed by atoms with E-state index < -0.39 is 12.0 Å². The molecule has 2 heterocycles. The highest BCUT2D eigenvalue weighted by molar-refractivity contribution is 8.13. The number of nitrogens with one attached hydrogen (secondary N) is 1. The van der Waals surface area contributed by atoms with Crippen LogP contribution in [-0.4, -0.2) is 60.3 Å². The number of hydrogen-bond donors (Lipinski definition) is 2. The standard InChI is InChI=1S/C20H23F2N5O2S/c21-20(22,15-8-4-3-5-9-15)17(28)12-11-16-14-30-19(29)27(16)13-7-2-1-6-10-18-23-25-26-24-18/h2-5,7-9,11-12,16-17,28H,1,6,10,13-14H2,(H,23,24,25,26)/b7-2-,12-11+. The molecule has 1 aliphatic heterocycles. The SMILES string of the molecule is O=C1SCC(/C=C/C(O)C(F)(F)c2ccccc2)N1C/C=C\CCCc1nnn[nH]1. The van der Waals surface area contributed by atoms with Gasteiger partial charge in [0, 0.05) is 24.3 Å². The van der Waals surface area contributed by atoms with Crippen molar-refractivity contribution in [2.45, 2.75) is 37.3 Å². The van der Waals surface area contributed by atoms with Crippen LogP contribution in [0.4, 0.5) is 13.6 Å². The number of aliphatic hydroxyl groups is 1. The normalized spacial score (nSPS) is 18.7. The number of aromatic amines is 1. The zero-order valence-corrected chi connectivity index (χ0v) is 17.0. The molecule has 1 saturated heterocycles. The highest BCUT2D eigenvalue weighted by Gasteiger charge is 2.39. The average molecular weight is 436 g/mol. The van der Waals surface area contributed by atoms with E-state index >= 15 is 0 Å². The van der Waals surface area contributed by atoms with Crippen LogP contribution in [0.3, 0.4) is 0 Å². The van der Waals surface area contributed by atoms with Gasteiger partial charge in [0.05, 0.1) is 6.04 Å². The summed E-state index contributed by atoms with van der Waals surface area (Å²) in [6.07, 6.45) is 6.86. The summed E-state index contributed by atoms with van der Waals surface area (Å²) >= 11 is 1.14. The van der Waals surface area contributed by atoms with Gasteiger partial charge < -0.3 is 10.0 Å². The molecule has 2 N–H and O–H groups in total. The van der Waals surface area contributed by atoms with E-state index in [-0.39, 0.29) is 16.8 Å². The Hall–Kier alpha value is -2.59. The van der Waals surface area contributed by atoms with Crippen LogP contribution < -0.4 is 0 Å². The minimum Gasteiger partial charge on any atom is -0.382 e. The third kappa shape index (κ3) is 5.73. The van der Waals surface area contributed by atoms with E-state index in [2.05, 4.69) is 20.6 Å². The number of benzene rings is 1. The van der Waals surface area contributed by atoms with Gasteiger partial charge in [0.15, 0.2) is 0 Å². The fraction of sp³-hybridized carbons (Fsp3) is 0.400. The number of aryl methyl sites for hydroxylation is 1. The molecule has 1 aromatic heterocycles. The van der Waals surface area contributed by atoms with Crippen molar-refractivity contribution in [3.63, 3.8) is 0 Å². The van der Waals surface area contributed by atoms with Crippen LogP contribution in [0.5, 0.6) is 0 Å². The van der Waals surface area contributed by atoms with Crippen molar-refractivity contribution in [2.75, 3.05) is 12.3 Å². The van der Waals surface area contributed by atoms with Crippen LogP contribution >= 0.6 is 11.8 Å². The minimum absolute atomic E-state index is 0.105. The first-order chi connectivity index (χ1) is 14.5. The third-order valence-electron chi connectivity index (χ3n) is 4.70. The molecule has 0 radical (unpaired) electrons. The minimum atomic E-state index is -3.41. The van der Waals surface area contributed by atoms with Gasteiger partial charge in [-0.2, -0.15) is 8.78 Å². The molecule has 2 unspecified atom stereocenters. The van der Waals surface area contributed by atoms with Gasteiger partial charge in [0.1, 0.15) is 11.9 Å². The molecular weight excluding hydrogens is 412 g/mol. The van der Waals surface area contributed by atoms with E-state index in [1.165, 1.54) is 30.3 Å². The Morgan fingerprint density at radius 2 is 2.13 bits per heavy atom. The quantitative estimate of drug-likeness (QED) is 0.439. The monoisotopic (exact) mass is 435 g/mol. The number of H-pyrrole nitrogens is 1. The van der Waals surface area contributed by atoms with Crippen molar-refractivity contribution in [2.24, 2.45) is 0 Å². The zero-order valence-electron chi connectivity index (χ0n) is 16.2. The Labute approximate surface area is 177 Å². The summed E-state index contributed by atoms with van der Waals surface area (Å²) in [5, 5.41) is 23.4. The highest BCUT2D eigenvalue weighted by atomic mass is 32.2. The molecular formula is C20H23F2N5O2S. The lowest BCUT2D eigenvalue weighted by Crippen LogP contribution is -2.33. The van der Waals surface area contributed by atoms with Crippen molar-refractivity contribution in [3.8, 4) is 0 Å². The number of carbonyl (C=O) groups excluding carboxylic acids is 1. The maximum atomic E-state index is 14.4. The van der Waals surface area contributed by atoms with Crippen LogP contribution in [-0.2, 0) is 12.3 Å². The van der Waals surface area contributed by atoms with Crippen LogP contribution in [0, 0.1) is 0 Å². The molecule has 10 heteroatoms. The van der Waals surface area contributed by atoms with Gasteiger partial charge in [-0.1, -0.05) is 66.4 Å². The largest absolute Gasteiger partial charge is 0.382 e. The first kappa shape index (κ1) is 22.1. The number of carbonyl (C=O) groups is 1. The van der Waals surface area contributed by atoms with Crippen molar-refractivity contribution in [1.29, 1.82) is 0 Å². The number of allylic oxidation sites excluding steroid dienone is 1. The molecule has 0 saturated carbocycles. The summed E-state index contributed by atoms with van der Waals surface area (Å²) in [7, 11) is 0. The molecule has 3 rings (SSSR count). The van der Waals surface area contributed by atoms with Crippen LogP contribution in [0.25, 0.3) is 0 Å². The Morgan fingerprint density at radius 1 is 1.33 bits per heavy atom. The number of aliphatic hydroxyl groups excluding tert-OH is 1. The summed E-state index contributed by atoms with van der Waals surface area (Å²) in [5.74, 6) is -2.21. The molecule has 0 aliphatic carbocycles. The number of alkyl halides is 2. The lowest BCUT2D eigenvalue weighted by molar-refractivity contribution is -0.0929. The van der Waals surface area contributed by atoms with Gasteiger partial charge in [-0.15, -0.1) is 5.10 Å². The molecule has 0 bridgehead atoms. The summed E-state index contributed by atoms with van der Waals surface area (Å²) in [6.45, 7) is 0.385. The molecule has 2 atom stereocenters. The summed E-state index contributed by atoms with van der Waals surface area (Å²) in [4.78, 5) is 13.7. The molecule has 1 aliphatic rings. The van der Waals surface area contributed by atoms with Gasteiger partial charge in [-0.25, -0.2) is 5.10 Å². The average Bonchev–Trinajstić information content (AvgIpc) is 3.39. The Morgan fingerprint density at radius 3 is 2.87 bits per heavy atom. The summed E-state index contributed by atoms with van der Waals surface area (Å²) < 4.78 is 28.8.